The summed E-state index contributed by atoms with van der Waals surface area (Å²) in [6, 6.07) is -0.786. The van der Waals surface area contributed by atoms with E-state index in [0.29, 0.717) is 19.4 Å². The van der Waals surface area contributed by atoms with Crippen LogP contribution in [-0.2, 0) is 9.59 Å². The maximum Gasteiger partial charge on any atom is 0.320 e. The minimum absolute atomic E-state index is 0.114. The van der Waals surface area contributed by atoms with E-state index in [1.54, 1.807) is 0 Å². The monoisotopic (exact) mass is 440 g/mol. The Kier molecular flexibility index (Phi) is 22.7. The van der Waals surface area contributed by atoms with Crippen LogP contribution in [0.4, 0.5) is 0 Å². The molecule has 0 aromatic heterocycles. The molecule has 0 aliphatic carbocycles. The maximum atomic E-state index is 11.8. The average Bonchev–Trinajstić information content (AvgIpc) is 2.75. The van der Waals surface area contributed by atoms with Gasteiger partial charge in [0.15, 0.2) is 0 Å². The van der Waals surface area contributed by atoms with E-state index in [-0.39, 0.29) is 5.91 Å². The van der Waals surface area contributed by atoms with Gasteiger partial charge in [0.25, 0.3) is 0 Å². The van der Waals surface area contributed by atoms with Crippen LogP contribution < -0.4 is 11.1 Å². The van der Waals surface area contributed by atoms with Crippen LogP contribution in [0.1, 0.15) is 142 Å². The number of nitrogens with one attached hydrogen (secondary N) is 1. The Morgan fingerprint density at radius 2 is 1.10 bits per heavy atom. The highest BCUT2D eigenvalue weighted by Crippen LogP contribution is 2.14. The predicted octanol–water partition coefficient (Wildman–Crippen LogP) is 6.73. The first-order valence-corrected chi connectivity index (χ1v) is 13.3. The summed E-state index contributed by atoms with van der Waals surface area (Å²) in [7, 11) is 0. The van der Waals surface area contributed by atoms with Crippen molar-refractivity contribution in [3.63, 3.8) is 0 Å². The summed E-state index contributed by atoms with van der Waals surface area (Å²) in [4.78, 5) is 22.4. The first-order chi connectivity index (χ1) is 15.1. The zero-order valence-corrected chi connectivity index (χ0v) is 20.5. The van der Waals surface area contributed by atoms with E-state index >= 15 is 0 Å². The summed E-state index contributed by atoms with van der Waals surface area (Å²) in [5.74, 6) is -0.841. The minimum atomic E-state index is -0.956. The normalized spacial score (nSPS) is 12.1. The van der Waals surface area contributed by atoms with Crippen molar-refractivity contribution in [3.8, 4) is 0 Å². The fraction of sp³-hybridized carbons (Fsp3) is 0.923. The Labute approximate surface area is 192 Å². The smallest absolute Gasteiger partial charge is 0.320 e. The number of amides is 1. The summed E-state index contributed by atoms with van der Waals surface area (Å²) in [6.45, 7) is 2.89. The number of carbonyl (C=O) groups excluding carboxylic acids is 1. The molecule has 1 atom stereocenters. The lowest BCUT2D eigenvalue weighted by molar-refractivity contribution is -0.138. The molecule has 0 spiro atoms. The van der Waals surface area contributed by atoms with Crippen molar-refractivity contribution in [1.82, 2.24) is 5.32 Å². The molecule has 0 rings (SSSR count). The van der Waals surface area contributed by atoms with E-state index in [9.17, 15) is 9.59 Å². The second-order valence-electron chi connectivity index (χ2n) is 9.20. The molecule has 0 heterocycles. The van der Waals surface area contributed by atoms with E-state index in [1.807, 2.05) is 0 Å². The average molecular weight is 441 g/mol. The Hall–Kier alpha value is -1.10. The summed E-state index contributed by atoms with van der Waals surface area (Å²) in [6.07, 6.45) is 25.4. The number of carbonyl (C=O) groups is 2. The van der Waals surface area contributed by atoms with E-state index in [1.165, 1.54) is 96.3 Å². The number of rotatable bonds is 24. The zero-order chi connectivity index (χ0) is 23.0. The third kappa shape index (κ3) is 23.4. The van der Waals surface area contributed by atoms with Gasteiger partial charge in [-0.3, -0.25) is 9.59 Å². The molecule has 0 aliphatic rings. The summed E-state index contributed by atoms with van der Waals surface area (Å²) < 4.78 is 0. The van der Waals surface area contributed by atoms with Gasteiger partial charge in [0, 0.05) is 13.0 Å². The number of nitrogens with two attached hydrogens (primary N) is 1. The third-order valence-electron chi connectivity index (χ3n) is 6.09. The largest absolute Gasteiger partial charge is 0.480 e. The molecule has 31 heavy (non-hydrogen) atoms. The molecular formula is C26H52N2O3. The number of hydrogen-bond donors (Lipinski definition) is 3. The molecule has 0 aliphatic heterocycles. The first-order valence-electron chi connectivity index (χ1n) is 13.3. The van der Waals surface area contributed by atoms with Crippen molar-refractivity contribution in [2.45, 2.75) is 148 Å². The lowest BCUT2D eigenvalue weighted by Crippen LogP contribution is -2.30. The highest BCUT2D eigenvalue weighted by atomic mass is 16.4. The second-order valence-corrected chi connectivity index (χ2v) is 9.20. The van der Waals surface area contributed by atoms with Gasteiger partial charge in [-0.25, -0.2) is 0 Å². The fourth-order valence-corrected chi connectivity index (χ4v) is 3.94. The number of carboxylic acid groups (broad SMARTS) is 1. The van der Waals surface area contributed by atoms with Gasteiger partial charge in [-0.15, -0.1) is 0 Å². The number of unbranched alkanes of at least 4 members (excludes halogenated alkanes) is 17. The third-order valence-corrected chi connectivity index (χ3v) is 6.09. The Bertz CT molecular complexity index is 415. The highest BCUT2D eigenvalue weighted by Gasteiger charge is 2.10. The second kappa shape index (κ2) is 23.6. The molecule has 1 amide bonds. The molecule has 0 radical (unpaired) electrons. The maximum absolute atomic E-state index is 11.8. The minimum Gasteiger partial charge on any atom is -0.480 e. The lowest BCUT2D eigenvalue weighted by Gasteiger charge is -2.07. The SMILES string of the molecule is CCCCCCCCCCCCCCCCCCCC(=O)NCCCC[C@H](N)C(=O)O. The van der Waals surface area contributed by atoms with Crippen LogP contribution in [0.25, 0.3) is 0 Å². The molecule has 4 N–H and O–H groups in total. The molecule has 0 aromatic carbocycles. The van der Waals surface area contributed by atoms with Gasteiger partial charge in [-0.05, 0) is 25.7 Å². The molecule has 0 fully saturated rings. The van der Waals surface area contributed by atoms with Gasteiger partial charge >= 0.3 is 5.97 Å². The van der Waals surface area contributed by atoms with Crippen molar-refractivity contribution in [2.24, 2.45) is 5.73 Å². The van der Waals surface area contributed by atoms with Crippen LogP contribution in [-0.4, -0.2) is 29.6 Å². The predicted molar refractivity (Wildman–Crippen MR) is 131 cm³/mol. The van der Waals surface area contributed by atoms with Gasteiger partial charge in [-0.1, -0.05) is 110 Å². The fourth-order valence-electron chi connectivity index (χ4n) is 3.94. The van der Waals surface area contributed by atoms with Crippen LogP contribution in [0, 0.1) is 0 Å². The molecule has 5 nitrogen and oxygen atoms in total. The van der Waals surface area contributed by atoms with Crippen molar-refractivity contribution >= 4 is 11.9 Å². The van der Waals surface area contributed by atoms with Crippen molar-refractivity contribution < 1.29 is 14.7 Å². The quantitative estimate of drug-likeness (QED) is 0.145. The van der Waals surface area contributed by atoms with Crippen molar-refractivity contribution in [1.29, 1.82) is 0 Å². The molecular weight excluding hydrogens is 388 g/mol. The van der Waals surface area contributed by atoms with Crippen molar-refractivity contribution in [3.05, 3.63) is 0 Å². The Balaban J connectivity index is 3.19. The lowest BCUT2D eigenvalue weighted by atomic mass is 10.0. The van der Waals surface area contributed by atoms with Crippen LogP contribution >= 0.6 is 0 Å². The summed E-state index contributed by atoms with van der Waals surface area (Å²) in [5.41, 5.74) is 5.45. The molecule has 0 bridgehead atoms. The number of hydrogen-bond acceptors (Lipinski definition) is 3. The van der Waals surface area contributed by atoms with Gasteiger partial charge in [0.2, 0.25) is 5.91 Å². The van der Waals surface area contributed by atoms with E-state index in [0.717, 1.165) is 25.7 Å². The summed E-state index contributed by atoms with van der Waals surface area (Å²) >= 11 is 0. The van der Waals surface area contributed by atoms with Gasteiger partial charge in [-0.2, -0.15) is 0 Å². The zero-order valence-electron chi connectivity index (χ0n) is 20.5. The van der Waals surface area contributed by atoms with Gasteiger partial charge in [0.1, 0.15) is 6.04 Å². The summed E-state index contributed by atoms with van der Waals surface area (Å²) in [5, 5.41) is 11.6. The first kappa shape index (κ1) is 29.9. The molecule has 184 valence electrons. The molecule has 5 heteroatoms. The van der Waals surface area contributed by atoms with Crippen LogP contribution in [0.15, 0.2) is 0 Å². The van der Waals surface area contributed by atoms with E-state index < -0.39 is 12.0 Å². The number of carboxylic acids is 1. The Morgan fingerprint density at radius 1 is 0.677 bits per heavy atom. The van der Waals surface area contributed by atoms with Crippen LogP contribution in [0.3, 0.4) is 0 Å². The number of aliphatic carboxylic acids is 1. The van der Waals surface area contributed by atoms with E-state index in [2.05, 4.69) is 12.2 Å². The highest BCUT2D eigenvalue weighted by molar-refractivity contribution is 5.75. The topological polar surface area (TPSA) is 92.4 Å². The molecule has 0 aromatic rings. The standard InChI is InChI=1S/C26H52N2O3/c1-2-3-4-5-6-7-8-9-10-11-12-13-14-15-16-17-18-22-25(29)28-23-20-19-21-24(27)26(30)31/h24H,2-23,27H2,1H3,(H,28,29)(H,30,31)/t24-/m0/s1. The van der Waals surface area contributed by atoms with Crippen molar-refractivity contribution in [2.75, 3.05) is 6.54 Å². The van der Waals surface area contributed by atoms with Gasteiger partial charge in [0.05, 0.1) is 0 Å². The Morgan fingerprint density at radius 3 is 1.52 bits per heavy atom. The van der Waals surface area contributed by atoms with Gasteiger partial charge < -0.3 is 16.2 Å². The van der Waals surface area contributed by atoms with E-state index in [4.69, 9.17) is 10.8 Å². The molecule has 0 saturated carbocycles. The molecule has 0 unspecified atom stereocenters. The van der Waals surface area contributed by atoms with Crippen LogP contribution in [0.5, 0.6) is 0 Å². The van der Waals surface area contributed by atoms with Crippen LogP contribution in [0.2, 0.25) is 0 Å². The molecule has 0 saturated heterocycles.